The van der Waals surface area contributed by atoms with Gasteiger partial charge in [-0.15, -0.1) is 0 Å². The molecule has 0 atom stereocenters. The van der Waals surface area contributed by atoms with E-state index in [0.29, 0.717) is 24.0 Å². The number of aromatic nitrogens is 3. The van der Waals surface area contributed by atoms with Gasteiger partial charge >= 0.3 is 0 Å². The number of hydrogen-bond acceptors (Lipinski definition) is 3. The van der Waals surface area contributed by atoms with E-state index in [9.17, 15) is 8.42 Å². The molecular weight excluding hydrogens is 300 g/mol. The van der Waals surface area contributed by atoms with Crippen molar-refractivity contribution in [1.82, 2.24) is 18.7 Å². The third-order valence-corrected chi connectivity index (χ3v) is 6.07. The molecule has 6 nitrogen and oxygen atoms in total. The third-order valence-electron chi connectivity index (χ3n) is 4.22. The lowest BCUT2D eigenvalue weighted by molar-refractivity contribution is 0.274. The highest BCUT2D eigenvalue weighted by atomic mass is 32.2. The molecule has 1 aliphatic rings. The van der Waals surface area contributed by atoms with Crippen LogP contribution in [0, 0.1) is 0 Å². The average Bonchev–Trinajstić information content (AvgIpc) is 3.19. The van der Waals surface area contributed by atoms with Crippen molar-refractivity contribution in [3.63, 3.8) is 0 Å². The number of hydrogen-bond donors (Lipinski definition) is 0. The molecule has 120 valence electrons. The molecule has 0 aromatic carbocycles. The molecule has 0 radical (unpaired) electrons. The van der Waals surface area contributed by atoms with Gasteiger partial charge in [-0.1, -0.05) is 0 Å². The van der Waals surface area contributed by atoms with Crippen LogP contribution in [0.25, 0.3) is 0 Å². The van der Waals surface area contributed by atoms with Gasteiger partial charge in [-0.3, -0.25) is 4.68 Å². The quantitative estimate of drug-likeness (QED) is 0.868. The van der Waals surface area contributed by atoms with Gasteiger partial charge in [-0.25, -0.2) is 8.42 Å². The Bertz CT molecular complexity index is 711. The van der Waals surface area contributed by atoms with E-state index in [0.717, 1.165) is 12.8 Å². The summed E-state index contributed by atoms with van der Waals surface area (Å²) in [7, 11) is -3.43. The first kappa shape index (κ1) is 15.3. The van der Waals surface area contributed by atoms with Crippen molar-refractivity contribution in [3.8, 4) is 0 Å². The Hall–Kier alpha value is -1.60. The van der Waals surface area contributed by atoms with Crippen molar-refractivity contribution >= 4 is 10.0 Å². The maximum Gasteiger partial charge on any atom is 0.246 e. The van der Waals surface area contributed by atoms with Crippen molar-refractivity contribution in [2.24, 2.45) is 0 Å². The molecule has 2 aromatic rings. The fourth-order valence-electron chi connectivity index (χ4n) is 2.86. The number of rotatable bonds is 4. The zero-order chi connectivity index (χ0) is 15.7. The van der Waals surface area contributed by atoms with Gasteiger partial charge in [0.2, 0.25) is 10.0 Å². The minimum atomic E-state index is -3.43. The van der Waals surface area contributed by atoms with E-state index in [4.69, 9.17) is 0 Å². The standard InChI is InChI=1S/C15H22N4O2S/c1-13(2)19-12-15(11-16-19)22(20,21)18-9-5-14(6-10-18)17-7-3-4-8-17/h3-4,7-8,11-14H,5-6,9-10H2,1-2H3. The molecule has 0 saturated carbocycles. The van der Waals surface area contributed by atoms with Gasteiger partial charge in [0, 0.05) is 43.8 Å². The van der Waals surface area contributed by atoms with E-state index in [2.05, 4.69) is 9.67 Å². The number of sulfonamides is 1. The van der Waals surface area contributed by atoms with Gasteiger partial charge in [-0.2, -0.15) is 9.40 Å². The maximum absolute atomic E-state index is 12.7. The normalized spacial score (nSPS) is 18.1. The second-order valence-corrected chi connectivity index (χ2v) is 7.95. The molecule has 0 aliphatic carbocycles. The Kier molecular flexibility index (Phi) is 4.10. The molecule has 1 fully saturated rings. The molecule has 1 aliphatic heterocycles. The molecule has 22 heavy (non-hydrogen) atoms. The summed E-state index contributed by atoms with van der Waals surface area (Å²) in [4.78, 5) is 0.292. The zero-order valence-corrected chi connectivity index (χ0v) is 13.8. The van der Waals surface area contributed by atoms with Crippen LogP contribution in [0.1, 0.15) is 38.8 Å². The summed E-state index contributed by atoms with van der Waals surface area (Å²) in [5.74, 6) is 0. The second-order valence-electron chi connectivity index (χ2n) is 6.02. The molecule has 1 saturated heterocycles. The van der Waals surface area contributed by atoms with E-state index in [1.807, 2.05) is 38.4 Å². The topological polar surface area (TPSA) is 60.1 Å². The predicted octanol–water partition coefficient (Wildman–Crippen LogP) is 2.29. The lowest BCUT2D eigenvalue weighted by Crippen LogP contribution is -2.38. The van der Waals surface area contributed by atoms with Crippen LogP contribution < -0.4 is 0 Å². The first-order valence-corrected chi connectivity index (χ1v) is 9.09. The van der Waals surface area contributed by atoms with Crippen molar-refractivity contribution in [2.75, 3.05) is 13.1 Å². The molecule has 0 spiro atoms. The van der Waals surface area contributed by atoms with E-state index < -0.39 is 10.0 Å². The van der Waals surface area contributed by atoms with Crippen LogP contribution >= 0.6 is 0 Å². The summed E-state index contributed by atoms with van der Waals surface area (Å²) < 4.78 is 30.8. The SMILES string of the molecule is CC(C)n1cc(S(=O)(=O)N2CCC(n3cccc3)CC2)cn1. The van der Waals surface area contributed by atoms with Crippen LogP contribution in [0.3, 0.4) is 0 Å². The first-order chi connectivity index (χ1) is 10.5. The van der Waals surface area contributed by atoms with Crippen molar-refractivity contribution in [1.29, 1.82) is 0 Å². The Morgan fingerprint density at radius 1 is 1.18 bits per heavy atom. The van der Waals surface area contributed by atoms with Crippen molar-refractivity contribution in [2.45, 2.75) is 43.7 Å². The minimum absolute atomic E-state index is 0.156. The summed E-state index contributed by atoms with van der Waals surface area (Å²) in [5.41, 5.74) is 0. The van der Waals surface area contributed by atoms with Crippen LogP contribution in [-0.2, 0) is 10.0 Å². The molecule has 7 heteroatoms. The van der Waals surface area contributed by atoms with Gasteiger partial charge in [0.25, 0.3) is 0 Å². The average molecular weight is 322 g/mol. The van der Waals surface area contributed by atoms with E-state index >= 15 is 0 Å². The largest absolute Gasteiger partial charge is 0.351 e. The highest BCUT2D eigenvalue weighted by molar-refractivity contribution is 7.89. The van der Waals surface area contributed by atoms with Crippen LogP contribution in [0.15, 0.2) is 41.8 Å². The molecule has 3 heterocycles. The van der Waals surface area contributed by atoms with Crippen LogP contribution in [0.2, 0.25) is 0 Å². The Morgan fingerprint density at radius 3 is 2.36 bits per heavy atom. The Morgan fingerprint density at radius 2 is 1.82 bits per heavy atom. The lowest BCUT2D eigenvalue weighted by Gasteiger charge is -2.31. The highest BCUT2D eigenvalue weighted by Crippen LogP contribution is 2.27. The maximum atomic E-state index is 12.7. The van der Waals surface area contributed by atoms with Crippen molar-refractivity contribution in [3.05, 3.63) is 36.9 Å². The monoisotopic (exact) mass is 322 g/mol. The Labute approximate surface area is 131 Å². The fraction of sp³-hybridized carbons (Fsp3) is 0.533. The van der Waals surface area contributed by atoms with E-state index in [1.54, 1.807) is 15.2 Å². The van der Waals surface area contributed by atoms with Crippen molar-refractivity contribution < 1.29 is 8.42 Å². The zero-order valence-electron chi connectivity index (χ0n) is 13.0. The number of nitrogens with zero attached hydrogens (tertiary/aromatic N) is 4. The smallest absolute Gasteiger partial charge is 0.246 e. The third kappa shape index (κ3) is 2.83. The number of piperidine rings is 1. The predicted molar refractivity (Wildman–Crippen MR) is 84.1 cm³/mol. The van der Waals surface area contributed by atoms with Gasteiger partial charge in [0.15, 0.2) is 0 Å². The fourth-order valence-corrected chi connectivity index (χ4v) is 4.27. The van der Waals surface area contributed by atoms with Gasteiger partial charge in [0.05, 0.1) is 6.20 Å². The first-order valence-electron chi connectivity index (χ1n) is 7.65. The minimum Gasteiger partial charge on any atom is -0.351 e. The molecule has 0 bridgehead atoms. The van der Waals surface area contributed by atoms with Gasteiger partial charge < -0.3 is 4.57 Å². The molecule has 0 amide bonds. The van der Waals surface area contributed by atoms with Crippen LogP contribution in [-0.4, -0.2) is 40.2 Å². The molecular formula is C15H22N4O2S. The van der Waals surface area contributed by atoms with Gasteiger partial charge in [0.1, 0.15) is 4.90 Å². The van der Waals surface area contributed by atoms with Crippen LogP contribution in [0.5, 0.6) is 0 Å². The second kappa shape index (κ2) is 5.89. The summed E-state index contributed by atoms with van der Waals surface area (Å²) in [6, 6.07) is 4.55. The summed E-state index contributed by atoms with van der Waals surface area (Å²) in [6.07, 6.45) is 8.84. The summed E-state index contributed by atoms with van der Waals surface area (Å²) in [5, 5.41) is 4.14. The Balaban J connectivity index is 1.71. The van der Waals surface area contributed by atoms with E-state index in [1.165, 1.54) is 6.20 Å². The molecule has 0 unspecified atom stereocenters. The highest BCUT2D eigenvalue weighted by Gasteiger charge is 2.30. The molecule has 0 N–H and O–H groups in total. The molecule has 2 aromatic heterocycles. The van der Waals surface area contributed by atoms with E-state index in [-0.39, 0.29) is 6.04 Å². The van der Waals surface area contributed by atoms with Crippen LogP contribution in [0.4, 0.5) is 0 Å². The summed E-state index contributed by atoms with van der Waals surface area (Å²) >= 11 is 0. The molecule has 3 rings (SSSR count). The summed E-state index contributed by atoms with van der Waals surface area (Å²) in [6.45, 7) is 5.06. The van der Waals surface area contributed by atoms with Gasteiger partial charge in [-0.05, 0) is 38.8 Å². The lowest BCUT2D eigenvalue weighted by atomic mass is 10.1.